The van der Waals surface area contributed by atoms with Gasteiger partial charge in [0.05, 0.1) is 5.51 Å². The largest absolute Gasteiger partial charge is 0.504 e. The lowest BCUT2D eigenvalue weighted by Crippen LogP contribution is -2.11. The number of hydrogen-bond donors (Lipinski definition) is 3. The van der Waals surface area contributed by atoms with Crippen LogP contribution in [0.5, 0.6) is 11.5 Å². The topological polar surface area (TPSA) is 65.4 Å². The number of nitrogens with zero attached hydrogens (tertiary/aromatic N) is 1. The maximum absolute atomic E-state index is 9.30. The van der Waals surface area contributed by atoms with Crippen LogP contribution in [-0.4, -0.2) is 15.2 Å². The predicted octanol–water partition coefficient (Wildman–Crippen LogP) is 1.84. The van der Waals surface area contributed by atoms with Crippen LogP contribution in [0.15, 0.2) is 29.9 Å². The van der Waals surface area contributed by atoms with Crippen LogP contribution in [0.3, 0.4) is 0 Å². The molecular weight excluding hydrogens is 224 g/mol. The van der Waals surface area contributed by atoms with Crippen LogP contribution in [0.2, 0.25) is 0 Å². The van der Waals surface area contributed by atoms with Crippen LogP contribution in [0.1, 0.15) is 10.4 Å². The van der Waals surface area contributed by atoms with E-state index in [0.717, 1.165) is 12.1 Å². The van der Waals surface area contributed by atoms with Crippen molar-refractivity contribution < 1.29 is 10.2 Å². The molecule has 3 N–H and O–H groups in total. The predicted molar refractivity (Wildman–Crippen MR) is 62.4 cm³/mol. The number of phenols is 2. The summed E-state index contributed by atoms with van der Waals surface area (Å²) in [7, 11) is 0. The number of aromatic hydroxyl groups is 2. The van der Waals surface area contributed by atoms with E-state index in [2.05, 4.69) is 10.3 Å². The maximum atomic E-state index is 9.30. The Morgan fingerprint density at radius 2 is 2.06 bits per heavy atom. The highest BCUT2D eigenvalue weighted by Crippen LogP contribution is 2.24. The molecule has 0 radical (unpaired) electrons. The molecule has 16 heavy (non-hydrogen) atoms. The lowest BCUT2D eigenvalue weighted by molar-refractivity contribution is 0.403. The zero-order valence-corrected chi connectivity index (χ0v) is 9.37. The summed E-state index contributed by atoms with van der Waals surface area (Å²) < 4.78 is 0. The molecule has 1 heterocycles. The molecule has 1 aromatic carbocycles. The quantitative estimate of drug-likeness (QED) is 0.709. The molecule has 0 fully saturated rings. The number of rotatable bonds is 4. The van der Waals surface area contributed by atoms with Crippen molar-refractivity contribution in [2.24, 2.45) is 0 Å². The summed E-state index contributed by atoms with van der Waals surface area (Å²) >= 11 is 1.60. The Kier molecular flexibility index (Phi) is 3.38. The Morgan fingerprint density at radius 1 is 1.19 bits per heavy atom. The fraction of sp³-hybridized carbons (Fsp3) is 0.182. The van der Waals surface area contributed by atoms with Gasteiger partial charge in [-0.1, -0.05) is 6.07 Å². The third-order valence-electron chi connectivity index (χ3n) is 2.15. The number of hydrogen-bond acceptors (Lipinski definition) is 5. The van der Waals surface area contributed by atoms with E-state index < -0.39 is 0 Å². The van der Waals surface area contributed by atoms with Crippen LogP contribution in [-0.2, 0) is 13.1 Å². The zero-order valence-electron chi connectivity index (χ0n) is 8.55. The minimum atomic E-state index is -0.0915. The van der Waals surface area contributed by atoms with Crippen molar-refractivity contribution in [3.8, 4) is 11.5 Å². The van der Waals surface area contributed by atoms with Gasteiger partial charge in [0, 0.05) is 24.2 Å². The summed E-state index contributed by atoms with van der Waals surface area (Å²) in [6.07, 6.45) is 1.83. The summed E-state index contributed by atoms with van der Waals surface area (Å²) in [6.45, 7) is 1.40. The summed E-state index contributed by atoms with van der Waals surface area (Å²) in [5, 5.41) is 21.7. The van der Waals surface area contributed by atoms with Gasteiger partial charge in [-0.3, -0.25) is 4.98 Å². The standard InChI is InChI=1S/C11H12N2O2S/c14-10-2-1-8(3-11(10)15)4-12-5-9-6-13-7-16-9/h1-3,6-7,12,14-15H,4-5H2. The number of thiazole rings is 1. The molecule has 0 amide bonds. The second-order valence-corrected chi connectivity index (χ2v) is 4.37. The Hall–Kier alpha value is -1.59. The lowest BCUT2D eigenvalue weighted by atomic mass is 10.2. The minimum absolute atomic E-state index is 0.0860. The molecule has 2 rings (SSSR count). The first-order chi connectivity index (χ1) is 7.75. The highest BCUT2D eigenvalue weighted by atomic mass is 32.1. The zero-order chi connectivity index (χ0) is 11.4. The van der Waals surface area contributed by atoms with Crippen LogP contribution in [0, 0.1) is 0 Å². The molecule has 0 saturated heterocycles. The SMILES string of the molecule is Oc1ccc(CNCc2cncs2)cc1O. The van der Waals surface area contributed by atoms with E-state index in [4.69, 9.17) is 5.11 Å². The summed E-state index contributed by atoms with van der Waals surface area (Å²) in [6, 6.07) is 4.81. The Bertz CT molecular complexity index is 457. The van der Waals surface area contributed by atoms with Gasteiger partial charge in [-0.25, -0.2) is 0 Å². The first kappa shape index (κ1) is 10.9. The molecule has 0 spiro atoms. The van der Waals surface area contributed by atoms with Gasteiger partial charge in [-0.2, -0.15) is 0 Å². The van der Waals surface area contributed by atoms with Gasteiger partial charge in [0.2, 0.25) is 0 Å². The van der Waals surface area contributed by atoms with Gasteiger partial charge < -0.3 is 15.5 Å². The van der Waals surface area contributed by atoms with Crippen LogP contribution >= 0.6 is 11.3 Å². The maximum Gasteiger partial charge on any atom is 0.157 e. The van der Waals surface area contributed by atoms with Crippen LogP contribution in [0.25, 0.3) is 0 Å². The summed E-state index contributed by atoms with van der Waals surface area (Å²) in [4.78, 5) is 5.15. The highest BCUT2D eigenvalue weighted by molar-refractivity contribution is 7.09. The molecule has 84 valence electrons. The van der Waals surface area contributed by atoms with Crippen molar-refractivity contribution in [2.45, 2.75) is 13.1 Å². The van der Waals surface area contributed by atoms with Crippen LogP contribution < -0.4 is 5.32 Å². The molecule has 0 bridgehead atoms. The van der Waals surface area contributed by atoms with Gasteiger partial charge in [0.1, 0.15) is 0 Å². The van der Waals surface area contributed by atoms with Gasteiger partial charge in [0.15, 0.2) is 11.5 Å². The molecule has 0 unspecified atom stereocenters. The average molecular weight is 236 g/mol. The molecule has 2 aromatic rings. The smallest absolute Gasteiger partial charge is 0.157 e. The van der Waals surface area contributed by atoms with Crippen molar-refractivity contribution >= 4 is 11.3 Å². The van der Waals surface area contributed by atoms with Gasteiger partial charge >= 0.3 is 0 Å². The van der Waals surface area contributed by atoms with Gasteiger partial charge in [-0.15, -0.1) is 11.3 Å². The fourth-order valence-corrected chi connectivity index (χ4v) is 1.90. The first-order valence-corrected chi connectivity index (χ1v) is 5.72. The second-order valence-electron chi connectivity index (χ2n) is 3.39. The summed E-state index contributed by atoms with van der Waals surface area (Å²) in [5.74, 6) is -0.178. The molecule has 0 aliphatic carbocycles. The van der Waals surface area contributed by atoms with E-state index in [0.29, 0.717) is 6.54 Å². The van der Waals surface area contributed by atoms with Crippen molar-refractivity contribution in [1.29, 1.82) is 0 Å². The lowest BCUT2D eigenvalue weighted by Gasteiger charge is -2.04. The molecule has 0 saturated carbocycles. The van der Waals surface area contributed by atoms with E-state index in [1.807, 2.05) is 6.20 Å². The van der Waals surface area contributed by atoms with Crippen molar-refractivity contribution in [2.75, 3.05) is 0 Å². The normalized spacial score (nSPS) is 10.5. The van der Waals surface area contributed by atoms with E-state index >= 15 is 0 Å². The van der Waals surface area contributed by atoms with E-state index in [-0.39, 0.29) is 11.5 Å². The Balaban J connectivity index is 1.87. The van der Waals surface area contributed by atoms with E-state index in [1.165, 1.54) is 10.9 Å². The van der Waals surface area contributed by atoms with Gasteiger partial charge in [0.25, 0.3) is 0 Å². The Labute approximate surface area is 97.2 Å². The number of benzene rings is 1. The third kappa shape index (κ3) is 2.71. The summed E-state index contributed by atoms with van der Waals surface area (Å²) in [5.41, 5.74) is 2.73. The molecule has 5 heteroatoms. The first-order valence-electron chi connectivity index (χ1n) is 4.84. The number of aromatic nitrogens is 1. The van der Waals surface area contributed by atoms with Crippen molar-refractivity contribution in [1.82, 2.24) is 10.3 Å². The van der Waals surface area contributed by atoms with E-state index in [9.17, 15) is 5.11 Å². The number of phenolic OH excluding ortho intramolecular Hbond substituents is 2. The minimum Gasteiger partial charge on any atom is -0.504 e. The Morgan fingerprint density at radius 3 is 2.75 bits per heavy atom. The van der Waals surface area contributed by atoms with Gasteiger partial charge in [-0.05, 0) is 17.7 Å². The monoisotopic (exact) mass is 236 g/mol. The third-order valence-corrected chi connectivity index (χ3v) is 2.93. The van der Waals surface area contributed by atoms with Crippen LogP contribution in [0.4, 0.5) is 0 Å². The van der Waals surface area contributed by atoms with E-state index in [1.54, 1.807) is 29.0 Å². The number of nitrogens with one attached hydrogen (secondary N) is 1. The highest BCUT2D eigenvalue weighted by Gasteiger charge is 2.00. The van der Waals surface area contributed by atoms with Crippen molar-refractivity contribution in [3.05, 3.63) is 40.3 Å². The molecular formula is C11H12N2O2S. The molecule has 0 aliphatic heterocycles. The second kappa shape index (κ2) is 4.96. The molecule has 0 aliphatic rings. The fourth-order valence-electron chi connectivity index (χ4n) is 1.34. The van der Waals surface area contributed by atoms with Crippen molar-refractivity contribution in [3.63, 3.8) is 0 Å². The molecule has 4 nitrogen and oxygen atoms in total. The molecule has 1 aromatic heterocycles. The average Bonchev–Trinajstić information content (AvgIpc) is 2.76. The molecule has 0 atom stereocenters.